The van der Waals surface area contributed by atoms with Gasteiger partial charge in [-0.15, -0.1) is 5.10 Å². The summed E-state index contributed by atoms with van der Waals surface area (Å²) in [7, 11) is 0. The van der Waals surface area contributed by atoms with Crippen molar-refractivity contribution in [3.8, 4) is 0 Å². The molecule has 30 heavy (non-hydrogen) atoms. The molecule has 5 rings (SSSR count). The number of aromatic nitrogens is 4. The molecule has 2 aromatic carbocycles. The molecule has 0 saturated carbocycles. The number of benzene rings is 2. The molecule has 7 nitrogen and oxygen atoms in total. The van der Waals surface area contributed by atoms with Crippen molar-refractivity contribution in [1.82, 2.24) is 20.2 Å². The van der Waals surface area contributed by atoms with Gasteiger partial charge in [-0.1, -0.05) is 48.5 Å². The molecule has 0 unspecified atom stereocenters. The monoisotopic (exact) mass is 406 g/mol. The molecular weight excluding hydrogens is 376 g/mol. The molecule has 2 aliphatic rings. The van der Waals surface area contributed by atoms with E-state index in [0.29, 0.717) is 0 Å². The summed E-state index contributed by atoms with van der Waals surface area (Å²) in [4.78, 5) is 3.09. The van der Waals surface area contributed by atoms with Crippen LogP contribution < -0.4 is 9.80 Å². The number of ether oxygens (including phenoxy) is 1. The van der Waals surface area contributed by atoms with Crippen molar-refractivity contribution in [2.45, 2.75) is 31.5 Å². The van der Waals surface area contributed by atoms with Crippen LogP contribution in [0.1, 0.15) is 30.3 Å². The number of para-hydroxylation sites is 1. The maximum absolute atomic E-state index is 5.85. The average Bonchev–Trinajstić information content (AvgIpc) is 3.49. The van der Waals surface area contributed by atoms with Crippen molar-refractivity contribution in [3.05, 3.63) is 72.1 Å². The van der Waals surface area contributed by atoms with Gasteiger partial charge in [-0.2, -0.15) is 0 Å². The van der Waals surface area contributed by atoms with Crippen LogP contribution in [-0.4, -0.2) is 59.1 Å². The molecule has 2 atom stereocenters. The zero-order valence-corrected chi connectivity index (χ0v) is 17.3. The number of nitrogens with zero attached hydrogens (tertiary/aromatic N) is 4. The number of rotatable bonds is 6. The molecule has 2 fully saturated rings. The van der Waals surface area contributed by atoms with E-state index in [1.165, 1.54) is 16.2 Å². The van der Waals surface area contributed by atoms with Crippen molar-refractivity contribution in [1.29, 1.82) is 0 Å². The molecule has 7 heteroatoms. The van der Waals surface area contributed by atoms with Gasteiger partial charge in [0.15, 0.2) is 6.04 Å². The number of tetrazole rings is 1. The van der Waals surface area contributed by atoms with Crippen LogP contribution in [-0.2, 0) is 11.3 Å². The number of hydrogen-bond donors (Lipinski definition) is 2. The van der Waals surface area contributed by atoms with Crippen molar-refractivity contribution < 1.29 is 14.5 Å². The minimum absolute atomic E-state index is 0.139. The van der Waals surface area contributed by atoms with Gasteiger partial charge in [0.25, 0.3) is 0 Å². The lowest BCUT2D eigenvalue weighted by Gasteiger charge is -2.34. The molecule has 2 N–H and O–H groups in total. The summed E-state index contributed by atoms with van der Waals surface area (Å²) >= 11 is 0. The van der Waals surface area contributed by atoms with E-state index in [9.17, 15) is 0 Å². The lowest BCUT2D eigenvalue weighted by molar-refractivity contribution is -1.00. The van der Waals surface area contributed by atoms with Crippen LogP contribution in [0.25, 0.3) is 0 Å². The highest BCUT2D eigenvalue weighted by Gasteiger charge is 2.36. The first-order valence-electron chi connectivity index (χ1n) is 11.1. The minimum Gasteiger partial charge on any atom is -0.376 e. The van der Waals surface area contributed by atoms with E-state index >= 15 is 0 Å². The molecule has 0 aliphatic carbocycles. The van der Waals surface area contributed by atoms with Crippen molar-refractivity contribution in [3.63, 3.8) is 0 Å². The van der Waals surface area contributed by atoms with Gasteiger partial charge in [-0.25, -0.2) is 4.68 Å². The number of piperazine rings is 1. The standard InChI is InChI=1S/C23H28N6O/c1-3-8-19(9-4-1)22(23-24-25-26-29(23)18-21-12-7-17-30-21)28-15-13-27(14-16-28)20-10-5-2-6-11-20/h1-6,8-11,21-22H,7,12-18H2/p+2/t21-,22-/m0/s1. The summed E-state index contributed by atoms with van der Waals surface area (Å²) in [6.07, 6.45) is 2.43. The lowest BCUT2D eigenvalue weighted by atomic mass is 10.0. The third kappa shape index (κ3) is 4.14. The lowest BCUT2D eigenvalue weighted by Crippen LogP contribution is -3.26. The summed E-state index contributed by atoms with van der Waals surface area (Å²) in [5, 5.41) is 12.9. The Kier molecular flexibility index (Phi) is 5.83. The molecule has 2 saturated heterocycles. The normalized spacial score (nSPS) is 25.3. The van der Waals surface area contributed by atoms with Gasteiger partial charge in [0.05, 0.1) is 12.6 Å². The van der Waals surface area contributed by atoms with E-state index in [-0.39, 0.29) is 12.1 Å². The number of quaternary nitrogens is 2. The topological polar surface area (TPSA) is 61.7 Å². The van der Waals surface area contributed by atoms with E-state index in [0.717, 1.165) is 58.0 Å². The van der Waals surface area contributed by atoms with E-state index in [1.807, 2.05) is 4.68 Å². The summed E-state index contributed by atoms with van der Waals surface area (Å²) in [5.41, 5.74) is 2.66. The molecule has 0 radical (unpaired) electrons. The van der Waals surface area contributed by atoms with Gasteiger partial charge >= 0.3 is 0 Å². The highest BCUT2D eigenvalue weighted by atomic mass is 16.5. The van der Waals surface area contributed by atoms with Crippen LogP contribution >= 0.6 is 0 Å². The van der Waals surface area contributed by atoms with Crippen LogP contribution in [0.4, 0.5) is 5.69 Å². The van der Waals surface area contributed by atoms with Gasteiger partial charge < -0.3 is 9.64 Å². The number of nitrogens with one attached hydrogen (secondary N) is 2. The van der Waals surface area contributed by atoms with E-state index in [2.05, 4.69) is 76.2 Å². The Labute approximate surface area is 177 Å². The first-order valence-corrected chi connectivity index (χ1v) is 11.1. The fraction of sp³-hybridized carbons (Fsp3) is 0.435. The molecule has 2 aliphatic heterocycles. The Morgan fingerprint density at radius 1 is 0.967 bits per heavy atom. The van der Waals surface area contributed by atoms with E-state index in [1.54, 1.807) is 4.90 Å². The van der Waals surface area contributed by atoms with Crippen LogP contribution in [0, 0.1) is 0 Å². The summed E-state index contributed by atoms with van der Waals surface area (Å²) < 4.78 is 7.83. The third-order valence-corrected chi connectivity index (χ3v) is 6.44. The minimum atomic E-state index is 0.139. The van der Waals surface area contributed by atoms with Crippen LogP contribution in [0.5, 0.6) is 0 Å². The molecule has 0 bridgehead atoms. The molecular formula is C23H30N6O+2. The Morgan fingerprint density at radius 3 is 2.40 bits per heavy atom. The first kappa shape index (κ1) is 19.4. The average molecular weight is 407 g/mol. The fourth-order valence-corrected chi connectivity index (χ4v) is 4.87. The second kappa shape index (κ2) is 9.04. The maximum Gasteiger partial charge on any atom is 0.214 e. The van der Waals surface area contributed by atoms with Gasteiger partial charge in [0.1, 0.15) is 31.9 Å². The smallest absolute Gasteiger partial charge is 0.214 e. The summed E-state index contributed by atoms with van der Waals surface area (Å²) in [6, 6.07) is 21.7. The van der Waals surface area contributed by atoms with Gasteiger partial charge in [0.2, 0.25) is 5.82 Å². The highest BCUT2D eigenvalue weighted by Crippen LogP contribution is 2.19. The van der Waals surface area contributed by atoms with Gasteiger partial charge in [-0.05, 0) is 35.4 Å². The molecule has 0 spiro atoms. The van der Waals surface area contributed by atoms with E-state index in [4.69, 9.17) is 4.74 Å². The quantitative estimate of drug-likeness (QED) is 0.608. The molecule has 1 aromatic heterocycles. The third-order valence-electron chi connectivity index (χ3n) is 6.44. The SMILES string of the molecule is c1ccc([C@@H](c2nnnn2C[C@@H]2CCCO2)[NH+]2CC[NH+](c3ccccc3)CC2)cc1. The highest BCUT2D eigenvalue weighted by molar-refractivity contribution is 5.28. The Balaban J connectivity index is 1.38. The van der Waals surface area contributed by atoms with Crippen molar-refractivity contribution in [2.75, 3.05) is 32.8 Å². The Hall–Kier alpha value is -2.61. The Bertz CT molecular complexity index is 917. The van der Waals surface area contributed by atoms with Gasteiger partial charge in [0, 0.05) is 12.2 Å². The van der Waals surface area contributed by atoms with Crippen molar-refractivity contribution in [2.24, 2.45) is 0 Å². The molecule has 3 aromatic rings. The Morgan fingerprint density at radius 2 is 1.70 bits per heavy atom. The molecule has 0 amide bonds. The predicted molar refractivity (Wildman–Crippen MR) is 113 cm³/mol. The van der Waals surface area contributed by atoms with Gasteiger partial charge in [-0.3, -0.25) is 4.90 Å². The van der Waals surface area contributed by atoms with Crippen molar-refractivity contribution >= 4 is 5.69 Å². The predicted octanol–water partition coefficient (Wildman–Crippen LogP) is 0.0566. The van der Waals surface area contributed by atoms with Crippen LogP contribution in [0.15, 0.2) is 60.7 Å². The van der Waals surface area contributed by atoms with Crippen LogP contribution in [0.3, 0.4) is 0 Å². The molecule has 3 heterocycles. The zero-order chi connectivity index (χ0) is 20.2. The summed E-state index contributed by atoms with van der Waals surface area (Å²) in [5.74, 6) is 0.954. The second-order valence-electron chi connectivity index (χ2n) is 8.33. The van der Waals surface area contributed by atoms with E-state index < -0.39 is 0 Å². The second-order valence-corrected chi connectivity index (χ2v) is 8.33. The summed E-state index contributed by atoms with van der Waals surface area (Å²) in [6.45, 7) is 5.96. The number of hydrogen-bond acceptors (Lipinski definition) is 4. The fourth-order valence-electron chi connectivity index (χ4n) is 4.87. The first-order chi connectivity index (χ1) is 14.9. The largest absolute Gasteiger partial charge is 0.376 e. The molecule has 156 valence electrons. The maximum atomic E-state index is 5.85. The van der Waals surface area contributed by atoms with Crippen LogP contribution in [0.2, 0.25) is 0 Å². The zero-order valence-electron chi connectivity index (χ0n) is 17.3.